The van der Waals surface area contributed by atoms with Gasteiger partial charge in [-0.2, -0.15) is 5.10 Å². The monoisotopic (exact) mass is 569 g/mol. The quantitative estimate of drug-likeness (QED) is 0.237. The SMILES string of the molecule is CC(=O)O.COc1cc(-c2nn(C3CCNCC3)c3ncnc(N)c23)ccc1NC(=O)c1ccc(-n2ccnc2)cc1. The van der Waals surface area contributed by atoms with E-state index in [1.54, 1.807) is 37.8 Å². The molecule has 1 fully saturated rings. The zero-order valence-electron chi connectivity index (χ0n) is 23.2. The molecule has 13 nitrogen and oxygen atoms in total. The molecule has 2 aromatic carbocycles. The molecule has 1 aliphatic rings. The van der Waals surface area contributed by atoms with Crippen LogP contribution in [0.1, 0.15) is 36.2 Å². The zero-order valence-corrected chi connectivity index (χ0v) is 23.2. The van der Waals surface area contributed by atoms with Gasteiger partial charge in [-0.1, -0.05) is 6.07 Å². The number of benzene rings is 2. The van der Waals surface area contributed by atoms with Gasteiger partial charge in [0.15, 0.2) is 5.65 Å². The average Bonchev–Trinajstić information content (AvgIpc) is 3.67. The number of aliphatic carboxylic acids is 1. The summed E-state index contributed by atoms with van der Waals surface area (Å²) in [7, 11) is 1.57. The van der Waals surface area contributed by atoms with Crippen molar-refractivity contribution in [2.75, 3.05) is 31.2 Å². The topological polar surface area (TPSA) is 175 Å². The van der Waals surface area contributed by atoms with Crippen molar-refractivity contribution in [2.45, 2.75) is 25.8 Å². The average molecular weight is 570 g/mol. The molecular formula is C29H31N9O4. The molecule has 42 heavy (non-hydrogen) atoms. The molecule has 4 heterocycles. The second-order valence-electron chi connectivity index (χ2n) is 9.64. The number of nitrogen functional groups attached to an aromatic ring is 1. The molecule has 0 saturated carbocycles. The number of anilines is 2. The molecule has 6 rings (SSSR count). The van der Waals surface area contributed by atoms with Crippen LogP contribution in [0.2, 0.25) is 0 Å². The maximum atomic E-state index is 13.0. The first-order chi connectivity index (χ1) is 20.4. The number of carbonyl (C=O) groups excluding carboxylic acids is 1. The van der Waals surface area contributed by atoms with Crippen LogP contribution in [0.4, 0.5) is 11.5 Å². The van der Waals surface area contributed by atoms with E-state index in [9.17, 15) is 4.79 Å². The van der Waals surface area contributed by atoms with E-state index in [0.29, 0.717) is 33.9 Å². The Balaban J connectivity index is 0.000000830. The molecule has 5 aromatic rings. The van der Waals surface area contributed by atoms with E-state index in [4.69, 9.17) is 25.5 Å². The molecule has 0 aliphatic carbocycles. The van der Waals surface area contributed by atoms with Crippen molar-refractivity contribution in [2.24, 2.45) is 0 Å². The Labute approximate surface area is 241 Å². The van der Waals surface area contributed by atoms with Crippen molar-refractivity contribution >= 4 is 34.4 Å². The van der Waals surface area contributed by atoms with Crippen molar-refractivity contribution in [1.29, 1.82) is 0 Å². The predicted molar refractivity (Wildman–Crippen MR) is 158 cm³/mol. The van der Waals surface area contributed by atoms with E-state index in [1.807, 2.05) is 39.7 Å². The maximum absolute atomic E-state index is 13.0. The summed E-state index contributed by atoms with van der Waals surface area (Å²) < 4.78 is 9.49. The molecule has 0 spiro atoms. The summed E-state index contributed by atoms with van der Waals surface area (Å²) >= 11 is 0. The summed E-state index contributed by atoms with van der Waals surface area (Å²) in [4.78, 5) is 34.8. The van der Waals surface area contributed by atoms with E-state index in [0.717, 1.165) is 49.8 Å². The normalized spacial score (nSPS) is 13.3. The number of nitrogens with zero attached hydrogens (tertiary/aromatic N) is 6. The van der Waals surface area contributed by atoms with Gasteiger partial charge in [0, 0.05) is 36.1 Å². The first-order valence-electron chi connectivity index (χ1n) is 13.3. The largest absolute Gasteiger partial charge is 0.495 e. The number of hydrogen-bond acceptors (Lipinski definition) is 9. The molecule has 1 saturated heterocycles. The Hall–Kier alpha value is -5.30. The molecule has 0 radical (unpaired) electrons. The molecule has 216 valence electrons. The fraction of sp³-hybridized carbons (Fsp3) is 0.241. The van der Waals surface area contributed by atoms with Crippen LogP contribution in [0.3, 0.4) is 0 Å². The Morgan fingerprint density at radius 1 is 1.12 bits per heavy atom. The Morgan fingerprint density at radius 3 is 2.52 bits per heavy atom. The summed E-state index contributed by atoms with van der Waals surface area (Å²) in [5.41, 5.74) is 10.5. The van der Waals surface area contributed by atoms with E-state index < -0.39 is 5.97 Å². The highest BCUT2D eigenvalue weighted by atomic mass is 16.5. The number of carbonyl (C=O) groups is 2. The Morgan fingerprint density at radius 2 is 1.86 bits per heavy atom. The minimum atomic E-state index is -0.833. The predicted octanol–water partition coefficient (Wildman–Crippen LogP) is 3.54. The van der Waals surface area contributed by atoms with Crippen LogP contribution in [0.15, 0.2) is 67.5 Å². The van der Waals surface area contributed by atoms with Gasteiger partial charge >= 0.3 is 0 Å². The lowest BCUT2D eigenvalue weighted by atomic mass is 10.1. The lowest BCUT2D eigenvalue weighted by molar-refractivity contribution is -0.134. The van der Waals surface area contributed by atoms with Gasteiger partial charge in [-0.25, -0.2) is 19.6 Å². The molecule has 0 bridgehead atoms. The third-order valence-corrected chi connectivity index (χ3v) is 6.83. The highest BCUT2D eigenvalue weighted by molar-refractivity contribution is 6.05. The molecule has 3 aromatic heterocycles. The highest BCUT2D eigenvalue weighted by Crippen LogP contribution is 2.37. The van der Waals surface area contributed by atoms with Crippen molar-refractivity contribution in [3.8, 4) is 22.7 Å². The van der Waals surface area contributed by atoms with Gasteiger partial charge in [0.2, 0.25) is 0 Å². The van der Waals surface area contributed by atoms with Crippen LogP contribution in [-0.4, -0.2) is 66.5 Å². The van der Waals surface area contributed by atoms with Crippen LogP contribution in [0, 0.1) is 0 Å². The lowest BCUT2D eigenvalue weighted by Gasteiger charge is -2.23. The second kappa shape index (κ2) is 12.5. The Bertz CT molecular complexity index is 1690. The van der Waals surface area contributed by atoms with Crippen molar-refractivity contribution in [3.63, 3.8) is 0 Å². The van der Waals surface area contributed by atoms with Gasteiger partial charge in [0.05, 0.1) is 30.6 Å². The molecule has 5 N–H and O–H groups in total. The Kier molecular flexibility index (Phi) is 8.39. The van der Waals surface area contributed by atoms with Crippen LogP contribution in [-0.2, 0) is 4.79 Å². The molecule has 1 aliphatic heterocycles. The molecular weight excluding hydrogens is 538 g/mol. The fourth-order valence-electron chi connectivity index (χ4n) is 4.84. The fourth-order valence-corrected chi connectivity index (χ4v) is 4.84. The van der Waals surface area contributed by atoms with Crippen molar-refractivity contribution in [1.82, 2.24) is 34.6 Å². The smallest absolute Gasteiger partial charge is 0.300 e. The highest BCUT2D eigenvalue weighted by Gasteiger charge is 2.24. The van der Waals surface area contributed by atoms with Gasteiger partial charge in [-0.15, -0.1) is 0 Å². The number of fused-ring (bicyclic) bond motifs is 1. The number of piperidine rings is 1. The van der Waals surface area contributed by atoms with Crippen LogP contribution in [0.5, 0.6) is 5.75 Å². The summed E-state index contributed by atoms with van der Waals surface area (Å²) in [6.45, 7) is 2.94. The standard InChI is InChI=1S/C27H27N9O2.C2H4O2/c1-38-22-14-18(24-23-25(28)31-15-32-26(23)36(34-24)20-8-10-29-11-9-20)4-7-21(22)33-27(37)17-2-5-19(6-3-17)35-13-12-30-16-35;1-2(3)4/h2-7,12-16,20,29H,8-11H2,1H3,(H,33,37)(H2,28,31,32);1H3,(H,3,4). The first-order valence-corrected chi connectivity index (χ1v) is 13.3. The van der Waals surface area contributed by atoms with Crippen LogP contribution < -0.4 is 21.1 Å². The maximum Gasteiger partial charge on any atom is 0.300 e. The number of hydrogen-bond donors (Lipinski definition) is 4. The minimum absolute atomic E-state index is 0.224. The summed E-state index contributed by atoms with van der Waals surface area (Å²) in [5.74, 6) is -0.196. The van der Waals surface area contributed by atoms with E-state index in [-0.39, 0.29) is 11.9 Å². The van der Waals surface area contributed by atoms with E-state index >= 15 is 0 Å². The molecule has 13 heteroatoms. The van der Waals surface area contributed by atoms with Gasteiger partial charge in [-0.05, 0) is 62.3 Å². The molecule has 1 amide bonds. The number of ether oxygens (including phenoxy) is 1. The number of carboxylic acid groups (broad SMARTS) is 1. The number of imidazole rings is 1. The lowest BCUT2D eigenvalue weighted by Crippen LogP contribution is -2.30. The number of methoxy groups -OCH3 is 1. The first kappa shape index (κ1) is 28.2. The van der Waals surface area contributed by atoms with Gasteiger partial charge in [-0.3, -0.25) is 9.59 Å². The number of carboxylic acids is 1. The van der Waals surface area contributed by atoms with Crippen molar-refractivity contribution < 1.29 is 19.4 Å². The van der Waals surface area contributed by atoms with Crippen LogP contribution >= 0.6 is 0 Å². The minimum Gasteiger partial charge on any atom is -0.495 e. The molecule has 0 atom stereocenters. The van der Waals surface area contributed by atoms with Gasteiger partial charge in [0.1, 0.15) is 23.6 Å². The zero-order chi connectivity index (χ0) is 29.6. The number of nitrogens with one attached hydrogen (secondary N) is 2. The van der Waals surface area contributed by atoms with E-state index in [1.165, 1.54) is 6.33 Å². The van der Waals surface area contributed by atoms with Gasteiger partial charge < -0.3 is 30.8 Å². The summed E-state index contributed by atoms with van der Waals surface area (Å²) in [5, 5.41) is 19.4. The third kappa shape index (κ3) is 6.05. The number of aromatic nitrogens is 6. The number of amides is 1. The van der Waals surface area contributed by atoms with E-state index in [2.05, 4.69) is 25.6 Å². The molecule has 0 unspecified atom stereocenters. The van der Waals surface area contributed by atoms with Gasteiger partial charge in [0.25, 0.3) is 11.9 Å². The van der Waals surface area contributed by atoms with Crippen molar-refractivity contribution in [3.05, 3.63) is 73.1 Å². The number of nitrogens with two attached hydrogens (primary N) is 1. The number of rotatable bonds is 6. The second-order valence-corrected chi connectivity index (χ2v) is 9.64. The summed E-state index contributed by atoms with van der Waals surface area (Å²) in [6.07, 6.45) is 8.65. The summed E-state index contributed by atoms with van der Waals surface area (Å²) in [6, 6.07) is 13.0. The van der Waals surface area contributed by atoms with Crippen LogP contribution in [0.25, 0.3) is 28.0 Å². The third-order valence-electron chi connectivity index (χ3n) is 6.83.